The molecule has 0 saturated heterocycles. The lowest BCUT2D eigenvalue weighted by molar-refractivity contribution is -0.155. The molecule has 0 bridgehead atoms. The molecule has 3 atom stereocenters. The van der Waals surface area contributed by atoms with E-state index in [1.54, 1.807) is 7.05 Å². The number of carbonyl (C=O) groups excluding carboxylic acids is 1. The van der Waals surface area contributed by atoms with E-state index in [1.807, 2.05) is 0 Å². The number of carboxylic acid groups (broad SMARTS) is 1. The first-order valence-corrected chi connectivity index (χ1v) is 4.54. The topological polar surface area (TPSA) is 57.6 Å². The van der Waals surface area contributed by atoms with Crippen molar-refractivity contribution in [3.8, 4) is 0 Å². The van der Waals surface area contributed by atoms with Crippen molar-refractivity contribution >= 4 is 12.4 Å². The van der Waals surface area contributed by atoms with Crippen molar-refractivity contribution in [2.24, 2.45) is 11.8 Å². The lowest BCUT2D eigenvalue weighted by atomic mass is 9.92. The number of likely N-dealkylation sites (N-methyl/N-ethyl adjacent to an activating group) is 1. The maximum Gasteiger partial charge on any atom is 0.329 e. The molecule has 13 heavy (non-hydrogen) atoms. The second-order valence-corrected chi connectivity index (χ2v) is 4.09. The third-order valence-electron chi connectivity index (χ3n) is 3.59. The first kappa shape index (κ1) is 8.53. The maximum atomic E-state index is 11.2. The molecule has 3 unspecified atom stereocenters. The zero-order chi connectivity index (χ0) is 9.64. The van der Waals surface area contributed by atoms with E-state index >= 15 is 0 Å². The Morgan fingerprint density at radius 2 is 2.38 bits per heavy atom. The predicted octanol–water partition coefficient (Wildman–Crippen LogP) is 0.328. The minimum Gasteiger partial charge on any atom is -0.479 e. The number of fused-ring (bicyclic) bond motifs is 1. The Morgan fingerprint density at radius 3 is 2.69 bits per heavy atom. The first-order valence-electron chi connectivity index (χ1n) is 4.54. The quantitative estimate of drug-likeness (QED) is 0.641. The molecule has 2 fully saturated rings. The molecule has 0 aromatic carbocycles. The van der Waals surface area contributed by atoms with Crippen LogP contribution in [0.4, 0.5) is 0 Å². The van der Waals surface area contributed by atoms with Crippen LogP contribution in [0.1, 0.15) is 19.3 Å². The molecule has 0 aromatic heterocycles. The number of rotatable bonds is 3. The van der Waals surface area contributed by atoms with E-state index in [-0.39, 0.29) is 5.92 Å². The van der Waals surface area contributed by atoms with Crippen molar-refractivity contribution in [3.63, 3.8) is 0 Å². The van der Waals surface area contributed by atoms with Gasteiger partial charge in [0.1, 0.15) is 5.54 Å². The monoisotopic (exact) mass is 183 g/mol. The lowest BCUT2D eigenvalue weighted by Gasteiger charge is -2.33. The number of amides is 1. The standard InChI is InChI=1S/C9H13NO3/c1-10(5-11)9(8(12)13)3-2-6-4-7(6)9/h5-7H,2-4H2,1H3,(H,12,13). The molecule has 2 saturated carbocycles. The second-order valence-electron chi connectivity index (χ2n) is 4.09. The van der Waals surface area contributed by atoms with E-state index in [2.05, 4.69) is 0 Å². The summed E-state index contributed by atoms with van der Waals surface area (Å²) in [6, 6.07) is 0. The molecule has 2 rings (SSSR count). The molecular weight excluding hydrogens is 170 g/mol. The lowest BCUT2D eigenvalue weighted by Crippen LogP contribution is -2.52. The van der Waals surface area contributed by atoms with E-state index in [0.29, 0.717) is 18.7 Å². The SMILES string of the molecule is CN(C=O)C1(C(=O)O)CCC2CC21. The number of carboxylic acids is 1. The van der Waals surface area contributed by atoms with Crippen LogP contribution >= 0.6 is 0 Å². The summed E-state index contributed by atoms with van der Waals surface area (Å²) in [5.41, 5.74) is -0.883. The van der Waals surface area contributed by atoms with Gasteiger partial charge in [-0.3, -0.25) is 4.79 Å². The van der Waals surface area contributed by atoms with Gasteiger partial charge in [-0.05, 0) is 31.1 Å². The van der Waals surface area contributed by atoms with Gasteiger partial charge in [0.05, 0.1) is 0 Å². The molecular formula is C9H13NO3. The highest BCUT2D eigenvalue weighted by Crippen LogP contribution is 2.59. The van der Waals surface area contributed by atoms with Gasteiger partial charge in [0.15, 0.2) is 0 Å². The van der Waals surface area contributed by atoms with E-state index < -0.39 is 11.5 Å². The fourth-order valence-corrected chi connectivity index (χ4v) is 2.69. The number of carbonyl (C=O) groups is 2. The zero-order valence-corrected chi connectivity index (χ0v) is 7.56. The van der Waals surface area contributed by atoms with Crippen molar-refractivity contribution < 1.29 is 14.7 Å². The van der Waals surface area contributed by atoms with Gasteiger partial charge in [-0.25, -0.2) is 4.79 Å². The number of aliphatic carboxylic acids is 1. The van der Waals surface area contributed by atoms with Crippen LogP contribution in [-0.2, 0) is 9.59 Å². The Kier molecular flexibility index (Phi) is 1.62. The second kappa shape index (κ2) is 2.47. The Balaban J connectivity index is 2.30. The summed E-state index contributed by atoms with van der Waals surface area (Å²) in [5, 5.41) is 9.16. The molecule has 0 aromatic rings. The summed E-state index contributed by atoms with van der Waals surface area (Å²) in [4.78, 5) is 23.1. The summed E-state index contributed by atoms with van der Waals surface area (Å²) in [6.45, 7) is 0. The van der Waals surface area contributed by atoms with Gasteiger partial charge >= 0.3 is 5.97 Å². The van der Waals surface area contributed by atoms with Crippen LogP contribution in [0, 0.1) is 11.8 Å². The van der Waals surface area contributed by atoms with Gasteiger partial charge in [0.2, 0.25) is 6.41 Å². The summed E-state index contributed by atoms with van der Waals surface area (Å²) < 4.78 is 0. The average Bonchev–Trinajstić information content (AvgIpc) is 2.79. The molecule has 0 aliphatic heterocycles. The zero-order valence-electron chi connectivity index (χ0n) is 7.56. The Bertz CT molecular complexity index is 266. The molecule has 1 N–H and O–H groups in total. The van der Waals surface area contributed by atoms with E-state index in [1.165, 1.54) is 4.90 Å². The van der Waals surface area contributed by atoms with Crippen molar-refractivity contribution in [3.05, 3.63) is 0 Å². The minimum absolute atomic E-state index is 0.209. The third-order valence-corrected chi connectivity index (χ3v) is 3.59. The smallest absolute Gasteiger partial charge is 0.329 e. The van der Waals surface area contributed by atoms with E-state index in [9.17, 15) is 9.59 Å². The van der Waals surface area contributed by atoms with Gasteiger partial charge in [0, 0.05) is 7.05 Å². The average molecular weight is 183 g/mol. The molecule has 2 aliphatic carbocycles. The number of nitrogens with zero attached hydrogens (tertiary/aromatic N) is 1. The molecule has 72 valence electrons. The fourth-order valence-electron chi connectivity index (χ4n) is 2.69. The molecule has 4 heteroatoms. The number of hydrogen-bond donors (Lipinski definition) is 1. The van der Waals surface area contributed by atoms with E-state index in [0.717, 1.165) is 12.8 Å². The van der Waals surface area contributed by atoms with Crippen LogP contribution in [0.15, 0.2) is 0 Å². The Hall–Kier alpha value is -1.06. The van der Waals surface area contributed by atoms with Crippen LogP contribution in [0.5, 0.6) is 0 Å². The van der Waals surface area contributed by atoms with E-state index in [4.69, 9.17) is 5.11 Å². The summed E-state index contributed by atoms with van der Waals surface area (Å²) in [7, 11) is 1.57. The molecule has 1 amide bonds. The van der Waals surface area contributed by atoms with Crippen LogP contribution in [-0.4, -0.2) is 35.0 Å². The Morgan fingerprint density at radius 1 is 1.69 bits per heavy atom. The summed E-state index contributed by atoms with van der Waals surface area (Å²) >= 11 is 0. The van der Waals surface area contributed by atoms with Gasteiger partial charge in [-0.2, -0.15) is 0 Å². The maximum absolute atomic E-state index is 11.2. The van der Waals surface area contributed by atoms with Crippen molar-refractivity contribution in [1.29, 1.82) is 0 Å². The highest BCUT2D eigenvalue weighted by molar-refractivity contribution is 5.83. The third kappa shape index (κ3) is 0.913. The van der Waals surface area contributed by atoms with Crippen molar-refractivity contribution in [2.45, 2.75) is 24.8 Å². The molecule has 2 aliphatic rings. The highest BCUT2D eigenvalue weighted by atomic mass is 16.4. The molecule has 4 nitrogen and oxygen atoms in total. The van der Waals surface area contributed by atoms with Gasteiger partial charge in [-0.1, -0.05) is 0 Å². The van der Waals surface area contributed by atoms with Gasteiger partial charge in [-0.15, -0.1) is 0 Å². The summed E-state index contributed by atoms with van der Waals surface area (Å²) in [5.74, 6) is -0.0780. The predicted molar refractivity (Wildman–Crippen MR) is 45.0 cm³/mol. The first-order chi connectivity index (χ1) is 6.13. The molecule has 0 heterocycles. The van der Waals surface area contributed by atoms with Crippen molar-refractivity contribution in [1.82, 2.24) is 4.90 Å². The van der Waals surface area contributed by atoms with Crippen LogP contribution in [0.3, 0.4) is 0 Å². The minimum atomic E-state index is -0.883. The normalized spacial score (nSPS) is 41.0. The molecule has 0 spiro atoms. The Labute approximate surface area is 76.5 Å². The van der Waals surface area contributed by atoms with Crippen LogP contribution in [0.2, 0.25) is 0 Å². The number of hydrogen-bond acceptors (Lipinski definition) is 2. The summed E-state index contributed by atoms with van der Waals surface area (Å²) in [6.07, 6.45) is 3.18. The van der Waals surface area contributed by atoms with Gasteiger partial charge in [0.25, 0.3) is 0 Å². The van der Waals surface area contributed by atoms with Crippen LogP contribution in [0.25, 0.3) is 0 Å². The fraction of sp³-hybridized carbons (Fsp3) is 0.778. The highest BCUT2D eigenvalue weighted by Gasteiger charge is 2.64. The van der Waals surface area contributed by atoms with Gasteiger partial charge < -0.3 is 10.0 Å². The molecule has 0 radical (unpaired) electrons. The van der Waals surface area contributed by atoms with Crippen LogP contribution < -0.4 is 0 Å². The van der Waals surface area contributed by atoms with Crippen molar-refractivity contribution in [2.75, 3.05) is 7.05 Å². The largest absolute Gasteiger partial charge is 0.479 e.